The summed E-state index contributed by atoms with van der Waals surface area (Å²) in [4.78, 5) is 64.9. The normalized spacial score (nSPS) is 13.1. The molecule has 0 fully saturated rings. The van der Waals surface area contributed by atoms with Crippen LogP contribution in [-0.4, -0.2) is 87.6 Å². The molecule has 57 heavy (non-hydrogen) atoms. The largest absolute Gasteiger partial charge is 0.481 e. The number of amides is 3. The number of carbonyl (C=O) groups excluding carboxylic acids is 3. The number of carboxylic acids is 3. The summed E-state index contributed by atoms with van der Waals surface area (Å²) in [6, 6.07) is -6.94. The van der Waals surface area contributed by atoms with Crippen molar-refractivity contribution in [2.45, 2.75) is 192 Å². The van der Waals surface area contributed by atoms with Gasteiger partial charge in [0.1, 0.15) is 18.1 Å². The van der Waals surface area contributed by atoms with Crippen LogP contribution in [0.2, 0.25) is 0 Å². The van der Waals surface area contributed by atoms with Gasteiger partial charge in [0.15, 0.2) is 0 Å². The van der Waals surface area contributed by atoms with Gasteiger partial charge in [-0.15, -0.1) is 0 Å². The third-order valence-electron chi connectivity index (χ3n) is 7.85. The van der Waals surface area contributed by atoms with Crippen LogP contribution < -0.4 is 16.0 Å². The molecule has 0 radical (unpaired) electrons. The smallest absolute Gasteiger partial charge is 0.409 e. The van der Waals surface area contributed by atoms with Gasteiger partial charge in [0.05, 0.1) is 19.3 Å². The van der Waals surface area contributed by atoms with Crippen LogP contribution in [-0.2, 0) is 28.8 Å². The van der Waals surface area contributed by atoms with E-state index >= 15 is 0 Å². The SMILES string of the molecule is CCCCCCCC(=O)N[C@@H](CC(=O)O)C(F)(F)F.CCCCCCCC(=O)N[C@@H](CC(=O)O)C(F)(F)F.CCCCCCCC(=O)N[C@H](CC(=O)O)C(F)(F)F. The van der Waals surface area contributed by atoms with Crippen LogP contribution in [0.1, 0.15) is 156 Å². The Morgan fingerprint density at radius 1 is 0.386 bits per heavy atom. The van der Waals surface area contributed by atoms with Gasteiger partial charge in [-0.2, -0.15) is 39.5 Å². The first-order chi connectivity index (χ1) is 26.3. The van der Waals surface area contributed by atoms with E-state index in [2.05, 4.69) is 0 Å². The Bertz CT molecular complexity index is 1020. The molecule has 0 unspecified atom stereocenters. The van der Waals surface area contributed by atoms with Crippen molar-refractivity contribution < 1.29 is 83.6 Å². The van der Waals surface area contributed by atoms with E-state index in [9.17, 15) is 68.3 Å². The van der Waals surface area contributed by atoms with E-state index in [1.54, 1.807) is 16.0 Å². The molecule has 3 amide bonds. The number of halogens is 9. The zero-order chi connectivity index (χ0) is 44.7. The first kappa shape index (κ1) is 57.5. The van der Waals surface area contributed by atoms with Gasteiger partial charge in [0.2, 0.25) is 17.7 Å². The molecule has 0 saturated heterocycles. The molecule has 336 valence electrons. The lowest BCUT2D eigenvalue weighted by Crippen LogP contribution is -2.46. The van der Waals surface area contributed by atoms with Crippen LogP contribution in [0.15, 0.2) is 0 Å². The second kappa shape index (κ2) is 32.2. The molecule has 0 aliphatic heterocycles. The average molecular weight is 850 g/mol. The zero-order valence-corrected chi connectivity index (χ0v) is 32.8. The fourth-order valence-corrected chi connectivity index (χ4v) is 4.74. The summed E-state index contributed by atoms with van der Waals surface area (Å²) < 4.78 is 112. The summed E-state index contributed by atoms with van der Waals surface area (Å²) in [6.45, 7) is 6.10. The molecule has 0 aliphatic rings. The second-order valence-corrected chi connectivity index (χ2v) is 13.3. The summed E-state index contributed by atoms with van der Waals surface area (Å²) >= 11 is 0. The van der Waals surface area contributed by atoms with Gasteiger partial charge in [-0.1, -0.05) is 97.8 Å². The molecule has 0 bridgehead atoms. The molecule has 0 heterocycles. The van der Waals surface area contributed by atoms with Crippen molar-refractivity contribution in [3.05, 3.63) is 0 Å². The molecule has 0 spiro atoms. The minimum atomic E-state index is -4.74. The van der Waals surface area contributed by atoms with Gasteiger partial charge < -0.3 is 31.3 Å². The highest BCUT2D eigenvalue weighted by Gasteiger charge is 2.43. The zero-order valence-electron chi connectivity index (χ0n) is 32.8. The fourth-order valence-electron chi connectivity index (χ4n) is 4.74. The molecule has 0 aliphatic carbocycles. The molecular weight excluding hydrogens is 789 g/mol. The van der Waals surface area contributed by atoms with Crippen molar-refractivity contribution >= 4 is 35.6 Å². The number of carbonyl (C=O) groups is 6. The lowest BCUT2D eigenvalue weighted by atomic mass is 10.1. The van der Waals surface area contributed by atoms with E-state index in [1.807, 2.05) is 20.8 Å². The number of nitrogens with one attached hydrogen (secondary N) is 3. The van der Waals surface area contributed by atoms with Gasteiger partial charge in [-0.25, -0.2) is 0 Å². The molecule has 0 aromatic carbocycles. The number of carboxylic acid groups (broad SMARTS) is 3. The standard InChI is InChI=1S/3C12H20F3NO3/c3*1-2-3-4-5-6-7-10(17)16-9(8-11(18)19)12(13,14)15/h3*9H,2-8H2,1H3,(H,16,17)(H,18,19)/t3*9-/m100/s1. The minimum absolute atomic E-state index is 0.00405. The lowest BCUT2D eigenvalue weighted by Gasteiger charge is -2.19. The Morgan fingerprint density at radius 2 is 0.579 bits per heavy atom. The molecule has 6 N–H and O–H groups in total. The Labute approximate surface area is 327 Å². The van der Waals surface area contributed by atoms with E-state index in [0.29, 0.717) is 19.3 Å². The monoisotopic (exact) mass is 849 g/mol. The third-order valence-corrected chi connectivity index (χ3v) is 7.85. The van der Waals surface area contributed by atoms with Crippen molar-refractivity contribution in [1.29, 1.82) is 0 Å². The van der Waals surface area contributed by atoms with Gasteiger partial charge in [-0.3, -0.25) is 28.8 Å². The topological polar surface area (TPSA) is 199 Å². The fraction of sp³-hybridized carbons (Fsp3) is 0.833. The van der Waals surface area contributed by atoms with Crippen LogP contribution >= 0.6 is 0 Å². The summed E-state index contributed by atoms with van der Waals surface area (Å²) in [6.07, 6.45) is -4.69. The van der Waals surface area contributed by atoms with Crippen molar-refractivity contribution in [2.24, 2.45) is 0 Å². The van der Waals surface area contributed by atoms with Crippen LogP contribution in [0.3, 0.4) is 0 Å². The number of alkyl halides is 9. The Morgan fingerprint density at radius 3 is 0.737 bits per heavy atom. The molecule has 12 nitrogen and oxygen atoms in total. The van der Waals surface area contributed by atoms with Crippen molar-refractivity contribution in [1.82, 2.24) is 16.0 Å². The van der Waals surface area contributed by atoms with E-state index in [1.165, 1.54) is 0 Å². The maximum absolute atomic E-state index is 12.5. The van der Waals surface area contributed by atoms with E-state index in [0.717, 1.165) is 77.0 Å². The van der Waals surface area contributed by atoms with Crippen LogP contribution in [0.4, 0.5) is 39.5 Å². The number of hydrogen-bond donors (Lipinski definition) is 6. The Kier molecular flexibility index (Phi) is 32.5. The molecule has 0 rings (SSSR count). The van der Waals surface area contributed by atoms with Crippen molar-refractivity contribution in [2.75, 3.05) is 0 Å². The molecule has 0 saturated carbocycles. The predicted molar refractivity (Wildman–Crippen MR) is 191 cm³/mol. The third kappa shape index (κ3) is 37.5. The van der Waals surface area contributed by atoms with Gasteiger partial charge in [-0.05, 0) is 19.3 Å². The highest BCUT2D eigenvalue weighted by molar-refractivity contribution is 5.78. The van der Waals surface area contributed by atoms with Crippen LogP contribution in [0, 0.1) is 0 Å². The van der Waals surface area contributed by atoms with Crippen LogP contribution in [0.25, 0.3) is 0 Å². The van der Waals surface area contributed by atoms with Gasteiger partial charge in [0.25, 0.3) is 0 Å². The van der Waals surface area contributed by atoms with Crippen molar-refractivity contribution in [3.63, 3.8) is 0 Å². The number of unbranched alkanes of at least 4 members (excludes halogenated alkanes) is 12. The highest BCUT2D eigenvalue weighted by atomic mass is 19.4. The van der Waals surface area contributed by atoms with E-state index in [-0.39, 0.29) is 19.3 Å². The molecule has 0 aromatic rings. The van der Waals surface area contributed by atoms with Crippen molar-refractivity contribution in [3.8, 4) is 0 Å². The molecule has 0 aromatic heterocycles. The van der Waals surface area contributed by atoms with Gasteiger partial charge in [0, 0.05) is 19.3 Å². The second-order valence-electron chi connectivity index (χ2n) is 13.3. The number of aliphatic carboxylic acids is 3. The molecular formula is C36H60F9N3O9. The van der Waals surface area contributed by atoms with Gasteiger partial charge >= 0.3 is 36.4 Å². The maximum atomic E-state index is 12.5. The lowest BCUT2D eigenvalue weighted by molar-refractivity contribution is -0.170. The molecule has 21 heteroatoms. The number of rotatable bonds is 27. The first-order valence-corrected chi connectivity index (χ1v) is 19.0. The quantitative estimate of drug-likeness (QED) is 0.0346. The predicted octanol–water partition coefficient (Wildman–Crippen LogP) is 8.61. The summed E-state index contributed by atoms with van der Waals surface area (Å²) in [5, 5.41) is 30.3. The highest BCUT2D eigenvalue weighted by Crippen LogP contribution is 2.25. The summed E-state index contributed by atoms with van der Waals surface area (Å²) in [5.74, 6) is -7.03. The minimum Gasteiger partial charge on any atom is -0.481 e. The first-order valence-electron chi connectivity index (χ1n) is 19.0. The van der Waals surface area contributed by atoms with E-state index in [4.69, 9.17) is 15.3 Å². The maximum Gasteiger partial charge on any atom is 0.409 e. The summed E-state index contributed by atoms with van der Waals surface area (Å²) in [7, 11) is 0. The summed E-state index contributed by atoms with van der Waals surface area (Å²) in [5.41, 5.74) is 0. The number of hydrogen-bond acceptors (Lipinski definition) is 6. The van der Waals surface area contributed by atoms with E-state index < -0.39 is 91.5 Å². The Hall–Kier alpha value is -3.81. The average Bonchev–Trinajstić information content (AvgIpc) is 3.06. The Balaban J connectivity index is -0.000000767. The molecule has 3 atom stereocenters. The van der Waals surface area contributed by atoms with Crippen LogP contribution in [0.5, 0.6) is 0 Å².